The molecule has 0 N–H and O–H groups in total. The van der Waals surface area contributed by atoms with Crippen molar-refractivity contribution >= 4 is 5.91 Å². The Bertz CT molecular complexity index is 251. The van der Waals surface area contributed by atoms with Crippen LogP contribution in [0.3, 0.4) is 0 Å². The molecule has 2 fully saturated rings. The van der Waals surface area contributed by atoms with E-state index in [1.807, 2.05) is 0 Å². The van der Waals surface area contributed by atoms with E-state index >= 15 is 0 Å². The second-order valence-corrected chi connectivity index (χ2v) is 5.48. The molecule has 0 aromatic rings. The van der Waals surface area contributed by atoms with Gasteiger partial charge in [-0.1, -0.05) is 6.92 Å². The fraction of sp³-hybridized carbons (Fsp3) is 0.857. The molecule has 17 heavy (non-hydrogen) atoms. The number of rotatable bonds is 2. The number of methoxy groups -OCH3 is 1. The van der Waals surface area contributed by atoms with E-state index in [0.29, 0.717) is 17.9 Å². The summed E-state index contributed by atoms with van der Waals surface area (Å²) >= 11 is 0. The number of hydrogen-bond acceptors (Lipinski definition) is 2. The van der Waals surface area contributed by atoms with Gasteiger partial charge in [-0.05, 0) is 44.4 Å². The first kappa shape index (κ1) is 12.9. The molecule has 0 bridgehead atoms. The van der Waals surface area contributed by atoms with Crippen LogP contribution in [-0.2, 0) is 9.53 Å². The van der Waals surface area contributed by atoms with Gasteiger partial charge < -0.3 is 9.64 Å². The van der Waals surface area contributed by atoms with Crippen LogP contribution in [0.1, 0.15) is 38.5 Å². The number of carbonyl (C=O) groups is 1. The molecule has 2 aliphatic rings. The quantitative estimate of drug-likeness (QED) is 0.738. The Morgan fingerprint density at radius 3 is 2.24 bits per heavy atom. The minimum absolute atomic E-state index is 0.253. The zero-order chi connectivity index (χ0) is 12.3. The third-order valence-corrected chi connectivity index (χ3v) is 4.28. The predicted octanol–water partition coefficient (Wildman–Crippen LogP) is 2.26. The molecule has 1 amide bonds. The smallest absolute Gasteiger partial charge is 0.225 e. The maximum absolute atomic E-state index is 12.3. The van der Waals surface area contributed by atoms with E-state index in [1.54, 1.807) is 7.11 Å². The molecule has 97 valence electrons. The van der Waals surface area contributed by atoms with Crippen molar-refractivity contribution in [1.82, 2.24) is 4.90 Å². The Labute approximate surface area is 105 Å². The van der Waals surface area contributed by atoms with Crippen LogP contribution in [0.2, 0.25) is 0 Å². The number of carbonyl (C=O) groups excluding carboxylic acids is 1. The number of likely N-dealkylation sites (tertiary alicyclic amines) is 1. The van der Waals surface area contributed by atoms with Crippen LogP contribution >= 0.6 is 0 Å². The van der Waals surface area contributed by atoms with Gasteiger partial charge in [-0.15, -0.1) is 0 Å². The Hall–Kier alpha value is -0.570. The fourth-order valence-electron chi connectivity index (χ4n) is 2.96. The summed E-state index contributed by atoms with van der Waals surface area (Å²) in [6.45, 7) is 5.90. The second-order valence-electron chi connectivity index (χ2n) is 5.48. The molecule has 0 spiro atoms. The highest BCUT2D eigenvalue weighted by Gasteiger charge is 2.30. The first-order valence-corrected chi connectivity index (χ1v) is 6.85. The maximum Gasteiger partial charge on any atom is 0.225 e. The molecular weight excluding hydrogens is 214 g/mol. The summed E-state index contributed by atoms with van der Waals surface area (Å²) in [5.74, 6) is 1.18. The van der Waals surface area contributed by atoms with E-state index in [9.17, 15) is 4.79 Å². The van der Waals surface area contributed by atoms with E-state index in [4.69, 9.17) is 4.74 Å². The summed E-state index contributed by atoms with van der Waals surface area (Å²) in [5.41, 5.74) is 0. The predicted molar refractivity (Wildman–Crippen MR) is 67.4 cm³/mol. The molecule has 3 heteroatoms. The van der Waals surface area contributed by atoms with Crippen LogP contribution in [-0.4, -0.2) is 37.1 Å². The van der Waals surface area contributed by atoms with E-state index in [0.717, 1.165) is 51.6 Å². The van der Waals surface area contributed by atoms with Crippen molar-refractivity contribution in [2.75, 3.05) is 20.2 Å². The van der Waals surface area contributed by atoms with Gasteiger partial charge in [0, 0.05) is 26.1 Å². The summed E-state index contributed by atoms with van der Waals surface area (Å²) in [5, 5.41) is 0. The molecule has 0 aromatic heterocycles. The van der Waals surface area contributed by atoms with Crippen LogP contribution in [0.4, 0.5) is 0 Å². The summed E-state index contributed by atoms with van der Waals surface area (Å²) in [4.78, 5) is 14.4. The Morgan fingerprint density at radius 2 is 1.71 bits per heavy atom. The van der Waals surface area contributed by atoms with Gasteiger partial charge in [-0.2, -0.15) is 0 Å². The largest absolute Gasteiger partial charge is 0.381 e. The number of piperidine rings is 1. The second kappa shape index (κ2) is 5.85. The molecule has 1 aliphatic carbocycles. The summed E-state index contributed by atoms with van der Waals surface area (Å²) in [6, 6.07) is 0. The highest BCUT2D eigenvalue weighted by molar-refractivity contribution is 5.79. The van der Waals surface area contributed by atoms with Gasteiger partial charge >= 0.3 is 0 Å². The van der Waals surface area contributed by atoms with Crippen molar-refractivity contribution < 1.29 is 9.53 Å². The van der Waals surface area contributed by atoms with E-state index in [-0.39, 0.29) is 5.92 Å². The fourth-order valence-corrected chi connectivity index (χ4v) is 2.96. The van der Waals surface area contributed by atoms with Gasteiger partial charge in [0.15, 0.2) is 0 Å². The average Bonchev–Trinajstić information content (AvgIpc) is 2.39. The van der Waals surface area contributed by atoms with E-state index in [2.05, 4.69) is 11.8 Å². The Balaban J connectivity index is 1.80. The van der Waals surface area contributed by atoms with Gasteiger partial charge in [0.1, 0.15) is 0 Å². The first-order chi connectivity index (χ1) is 8.20. The molecular formula is C14H24NO2. The van der Waals surface area contributed by atoms with Crippen LogP contribution in [0, 0.1) is 18.8 Å². The van der Waals surface area contributed by atoms with Crippen molar-refractivity contribution in [3.63, 3.8) is 0 Å². The summed E-state index contributed by atoms with van der Waals surface area (Å²) < 4.78 is 5.35. The number of ether oxygens (including phenoxy) is 1. The lowest BCUT2D eigenvalue weighted by atomic mass is 9.85. The number of hydrogen-bond donors (Lipinski definition) is 0. The van der Waals surface area contributed by atoms with Crippen LogP contribution < -0.4 is 0 Å². The van der Waals surface area contributed by atoms with Crippen molar-refractivity contribution in [1.29, 1.82) is 0 Å². The molecule has 0 unspecified atom stereocenters. The van der Waals surface area contributed by atoms with Crippen LogP contribution in [0.25, 0.3) is 0 Å². The molecule has 1 heterocycles. The van der Waals surface area contributed by atoms with E-state index in [1.165, 1.54) is 0 Å². The van der Waals surface area contributed by atoms with Crippen molar-refractivity contribution in [3.05, 3.63) is 6.92 Å². The zero-order valence-corrected chi connectivity index (χ0v) is 10.9. The SMILES string of the molecule is [CH2]C1CCN(C(=O)C2CCC(OC)CC2)CC1. The Kier molecular flexibility index (Phi) is 4.43. The van der Waals surface area contributed by atoms with E-state index < -0.39 is 0 Å². The molecule has 1 aliphatic heterocycles. The highest BCUT2D eigenvalue weighted by atomic mass is 16.5. The molecule has 2 rings (SSSR count). The molecule has 1 radical (unpaired) electrons. The molecule has 0 atom stereocenters. The average molecular weight is 238 g/mol. The third-order valence-electron chi connectivity index (χ3n) is 4.28. The molecule has 1 saturated carbocycles. The molecule has 1 saturated heterocycles. The van der Waals surface area contributed by atoms with Crippen molar-refractivity contribution in [2.45, 2.75) is 44.6 Å². The normalized spacial score (nSPS) is 31.5. The topological polar surface area (TPSA) is 29.5 Å². The minimum atomic E-state index is 0.253. The molecule has 0 aromatic carbocycles. The minimum Gasteiger partial charge on any atom is -0.381 e. The first-order valence-electron chi connectivity index (χ1n) is 6.85. The highest BCUT2D eigenvalue weighted by Crippen LogP contribution is 2.28. The lowest BCUT2D eigenvalue weighted by Gasteiger charge is -2.35. The standard InChI is InChI=1S/C14H24NO2/c1-11-7-9-15(10-8-11)14(16)12-3-5-13(17-2)6-4-12/h11-13H,1,3-10H2,2H3. The lowest BCUT2D eigenvalue weighted by Crippen LogP contribution is -2.42. The van der Waals surface area contributed by atoms with Gasteiger partial charge in [-0.25, -0.2) is 0 Å². The Morgan fingerprint density at radius 1 is 1.12 bits per heavy atom. The van der Waals surface area contributed by atoms with Crippen LogP contribution in [0.15, 0.2) is 0 Å². The van der Waals surface area contributed by atoms with Crippen molar-refractivity contribution in [3.8, 4) is 0 Å². The monoisotopic (exact) mass is 238 g/mol. The van der Waals surface area contributed by atoms with Gasteiger partial charge in [-0.3, -0.25) is 4.79 Å². The molecule has 3 nitrogen and oxygen atoms in total. The summed E-state index contributed by atoms with van der Waals surface area (Å²) in [6.07, 6.45) is 6.60. The van der Waals surface area contributed by atoms with Crippen molar-refractivity contribution in [2.24, 2.45) is 11.8 Å². The number of amides is 1. The summed E-state index contributed by atoms with van der Waals surface area (Å²) in [7, 11) is 1.77. The number of nitrogens with zero attached hydrogens (tertiary/aromatic N) is 1. The maximum atomic E-state index is 12.3. The van der Waals surface area contributed by atoms with Crippen LogP contribution in [0.5, 0.6) is 0 Å². The van der Waals surface area contributed by atoms with Gasteiger partial charge in [0.25, 0.3) is 0 Å². The van der Waals surface area contributed by atoms with Gasteiger partial charge in [0.2, 0.25) is 5.91 Å². The lowest BCUT2D eigenvalue weighted by molar-refractivity contribution is -0.138. The third kappa shape index (κ3) is 3.21. The van der Waals surface area contributed by atoms with Gasteiger partial charge in [0.05, 0.1) is 6.10 Å². The zero-order valence-electron chi connectivity index (χ0n) is 10.9.